The minimum absolute atomic E-state index is 0.0473. The molecule has 14 heavy (non-hydrogen) atoms. The van der Waals surface area contributed by atoms with Gasteiger partial charge >= 0.3 is 0 Å². The van der Waals surface area contributed by atoms with Gasteiger partial charge < -0.3 is 4.74 Å². The largest absolute Gasteiger partial charge is 0.385 e. The Hall–Kier alpha value is -0.610. The highest BCUT2D eigenvalue weighted by Gasteiger charge is 2.16. The molecular weight excluding hydrogens is 182 g/mol. The maximum Gasteiger partial charge on any atom is 0.243 e. The first kappa shape index (κ1) is 11.5. The van der Waals surface area contributed by atoms with Gasteiger partial charge in [0.25, 0.3) is 0 Å². The van der Waals surface area contributed by atoms with E-state index in [4.69, 9.17) is 9.57 Å². The van der Waals surface area contributed by atoms with E-state index in [-0.39, 0.29) is 12.0 Å². The molecule has 0 aliphatic heterocycles. The van der Waals surface area contributed by atoms with E-state index in [1.807, 2.05) is 0 Å². The Labute approximate surface area is 84.9 Å². The molecule has 0 atom stereocenters. The molecule has 1 fully saturated rings. The predicted molar refractivity (Wildman–Crippen MR) is 52.6 cm³/mol. The summed E-state index contributed by atoms with van der Waals surface area (Å²) in [5, 5.41) is 0. The van der Waals surface area contributed by atoms with Crippen molar-refractivity contribution in [3.05, 3.63) is 0 Å². The highest BCUT2D eigenvalue weighted by atomic mass is 16.7. The van der Waals surface area contributed by atoms with Crippen molar-refractivity contribution < 1.29 is 14.4 Å². The average Bonchev–Trinajstić information content (AvgIpc) is 2.68. The summed E-state index contributed by atoms with van der Waals surface area (Å²) in [7, 11) is 1.63. The summed E-state index contributed by atoms with van der Waals surface area (Å²) >= 11 is 0. The van der Waals surface area contributed by atoms with Gasteiger partial charge in [-0.25, -0.2) is 5.48 Å². The number of hydrogen-bond acceptors (Lipinski definition) is 3. The molecule has 0 bridgehead atoms. The zero-order chi connectivity index (χ0) is 10.2. The summed E-state index contributed by atoms with van der Waals surface area (Å²) in [6.45, 7) is 0.622. The topological polar surface area (TPSA) is 47.6 Å². The Morgan fingerprint density at radius 3 is 2.79 bits per heavy atom. The van der Waals surface area contributed by atoms with E-state index in [2.05, 4.69) is 5.48 Å². The van der Waals surface area contributed by atoms with Crippen molar-refractivity contribution in [3.8, 4) is 0 Å². The minimum Gasteiger partial charge on any atom is -0.385 e. The van der Waals surface area contributed by atoms with Crippen LogP contribution in [0.3, 0.4) is 0 Å². The summed E-state index contributed by atoms with van der Waals surface area (Å²) < 4.78 is 4.85. The maximum absolute atomic E-state index is 11.2. The fourth-order valence-corrected chi connectivity index (χ4v) is 1.58. The van der Waals surface area contributed by atoms with Crippen LogP contribution in [-0.2, 0) is 14.4 Å². The maximum atomic E-state index is 11.2. The lowest BCUT2D eigenvalue weighted by molar-refractivity contribution is -0.138. The molecule has 0 aromatic rings. The molecule has 1 saturated carbocycles. The Kier molecular flexibility index (Phi) is 5.56. The van der Waals surface area contributed by atoms with E-state index in [9.17, 15) is 4.79 Å². The van der Waals surface area contributed by atoms with Gasteiger partial charge in [-0.2, -0.15) is 0 Å². The minimum atomic E-state index is -0.0473. The number of hydroxylamine groups is 1. The molecule has 1 amide bonds. The van der Waals surface area contributed by atoms with Crippen LogP contribution >= 0.6 is 0 Å². The fourth-order valence-electron chi connectivity index (χ4n) is 1.58. The summed E-state index contributed by atoms with van der Waals surface area (Å²) in [5.41, 5.74) is 2.49. The van der Waals surface area contributed by atoms with Crippen molar-refractivity contribution in [1.82, 2.24) is 5.48 Å². The van der Waals surface area contributed by atoms with E-state index in [1.54, 1.807) is 7.11 Å². The van der Waals surface area contributed by atoms with Crippen LogP contribution in [0.4, 0.5) is 0 Å². The number of carbonyl (C=O) groups is 1. The standard InChI is InChI=1S/C10H19NO3/c1-13-8-4-7-10(12)11-14-9-5-2-3-6-9/h9H,2-8H2,1H3,(H,11,12). The number of hydrogen-bond donors (Lipinski definition) is 1. The van der Waals surface area contributed by atoms with Crippen molar-refractivity contribution in [2.75, 3.05) is 13.7 Å². The van der Waals surface area contributed by atoms with Gasteiger partial charge in [0.1, 0.15) is 0 Å². The molecule has 0 heterocycles. The SMILES string of the molecule is COCCCC(=O)NOC1CCCC1. The van der Waals surface area contributed by atoms with Crippen LogP contribution in [0.2, 0.25) is 0 Å². The second-order valence-corrected chi connectivity index (χ2v) is 3.65. The Morgan fingerprint density at radius 2 is 2.14 bits per heavy atom. The third kappa shape index (κ3) is 4.58. The van der Waals surface area contributed by atoms with Crippen molar-refractivity contribution in [2.45, 2.75) is 44.6 Å². The van der Waals surface area contributed by atoms with Gasteiger partial charge in [-0.1, -0.05) is 12.8 Å². The second kappa shape index (κ2) is 6.79. The van der Waals surface area contributed by atoms with Gasteiger partial charge in [-0.15, -0.1) is 0 Å². The zero-order valence-electron chi connectivity index (χ0n) is 8.75. The number of methoxy groups -OCH3 is 1. The highest BCUT2D eigenvalue weighted by molar-refractivity contribution is 5.74. The van der Waals surface area contributed by atoms with Gasteiger partial charge in [0.15, 0.2) is 0 Å². The van der Waals surface area contributed by atoms with Crippen LogP contribution in [0, 0.1) is 0 Å². The van der Waals surface area contributed by atoms with E-state index in [0.717, 1.165) is 19.3 Å². The first-order valence-corrected chi connectivity index (χ1v) is 5.26. The van der Waals surface area contributed by atoms with Gasteiger partial charge in [0, 0.05) is 20.1 Å². The smallest absolute Gasteiger partial charge is 0.243 e. The summed E-state index contributed by atoms with van der Waals surface area (Å²) in [4.78, 5) is 16.4. The van der Waals surface area contributed by atoms with Gasteiger partial charge in [-0.3, -0.25) is 9.63 Å². The fraction of sp³-hybridized carbons (Fsp3) is 0.900. The first-order valence-electron chi connectivity index (χ1n) is 5.26. The number of amides is 1. The number of carbonyl (C=O) groups excluding carboxylic acids is 1. The molecule has 0 saturated heterocycles. The molecule has 1 N–H and O–H groups in total. The van der Waals surface area contributed by atoms with Crippen LogP contribution in [0.15, 0.2) is 0 Å². The van der Waals surface area contributed by atoms with E-state index >= 15 is 0 Å². The van der Waals surface area contributed by atoms with Crippen molar-refractivity contribution in [2.24, 2.45) is 0 Å². The molecule has 1 aliphatic carbocycles. The number of nitrogens with one attached hydrogen (secondary N) is 1. The second-order valence-electron chi connectivity index (χ2n) is 3.65. The summed E-state index contributed by atoms with van der Waals surface area (Å²) in [6.07, 6.45) is 6.02. The zero-order valence-corrected chi connectivity index (χ0v) is 8.75. The molecule has 1 rings (SSSR count). The summed E-state index contributed by atoms with van der Waals surface area (Å²) in [6, 6.07) is 0. The lowest BCUT2D eigenvalue weighted by atomic mass is 10.3. The molecular formula is C10H19NO3. The number of ether oxygens (including phenoxy) is 1. The molecule has 0 radical (unpaired) electrons. The Morgan fingerprint density at radius 1 is 1.43 bits per heavy atom. The molecule has 82 valence electrons. The average molecular weight is 201 g/mol. The quantitative estimate of drug-likeness (QED) is 0.522. The lowest BCUT2D eigenvalue weighted by Crippen LogP contribution is -2.28. The summed E-state index contributed by atoms with van der Waals surface area (Å²) in [5.74, 6) is -0.0473. The molecule has 0 aromatic carbocycles. The molecule has 4 nitrogen and oxygen atoms in total. The lowest BCUT2D eigenvalue weighted by Gasteiger charge is -2.10. The highest BCUT2D eigenvalue weighted by Crippen LogP contribution is 2.19. The van der Waals surface area contributed by atoms with Gasteiger partial charge in [-0.05, 0) is 19.3 Å². The van der Waals surface area contributed by atoms with Crippen LogP contribution in [0.5, 0.6) is 0 Å². The molecule has 4 heteroatoms. The number of rotatable bonds is 6. The van der Waals surface area contributed by atoms with Crippen LogP contribution in [0.25, 0.3) is 0 Å². The molecule has 0 spiro atoms. The van der Waals surface area contributed by atoms with Crippen LogP contribution in [0.1, 0.15) is 38.5 Å². The van der Waals surface area contributed by atoms with Crippen molar-refractivity contribution >= 4 is 5.91 Å². The van der Waals surface area contributed by atoms with Gasteiger partial charge in [0.2, 0.25) is 5.91 Å². The van der Waals surface area contributed by atoms with E-state index in [0.29, 0.717) is 13.0 Å². The third-order valence-electron chi connectivity index (χ3n) is 2.39. The predicted octanol–water partition coefficient (Wildman–Crippen LogP) is 1.40. The van der Waals surface area contributed by atoms with Gasteiger partial charge in [0.05, 0.1) is 6.10 Å². The molecule has 0 aromatic heterocycles. The third-order valence-corrected chi connectivity index (χ3v) is 2.39. The Balaban J connectivity index is 1.96. The van der Waals surface area contributed by atoms with Crippen LogP contribution < -0.4 is 5.48 Å². The normalized spacial score (nSPS) is 17.2. The van der Waals surface area contributed by atoms with Crippen LogP contribution in [-0.4, -0.2) is 25.7 Å². The van der Waals surface area contributed by atoms with Crippen molar-refractivity contribution in [3.63, 3.8) is 0 Å². The van der Waals surface area contributed by atoms with E-state index in [1.165, 1.54) is 12.8 Å². The Bertz CT molecular complexity index is 167. The molecule has 0 unspecified atom stereocenters. The monoisotopic (exact) mass is 201 g/mol. The first-order chi connectivity index (χ1) is 6.83. The van der Waals surface area contributed by atoms with E-state index < -0.39 is 0 Å². The molecule has 1 aliphatic rings. The van der Waals surface area contributed by atoms with Crippen molar-refractivity contribution in [1.29, 1.82) is 0 Å².